The zero-order valence-electron chi connectivity index (χ0n) is 8.73. The van der Waals surface area contributed by atoms with Crippen molar-refractivity contribution >= 4 is 5.84 Å². The van der Waals surface area contributed by atoms with Crippen LogP contribution in [0.3, 0.4) is 0 Å². The average Bonchev–Trinajstić information content (AvgIpc) is 2.09. The van der Waals surface area contributed by atoms with Crippen molar-refractivity contribution in [3.63, 3.8) is 0 Å². The summed E-state index contributed by atoms with van der Waals surface area (Å²) in [6.45, 7) is 2.51. The summed E-state index contributed by atoms with van der Waals surface area (Å²) in [5, 5.41) is 13.5. The number of nitrogens with one attached hydrogen (secondary N) is 1. The van der Waals surface area contributed by atoms with Gasteiger partial charge in [0.2, 0.25) is 0 Å². The van der Waals surface area contributed by atoms with Crippen LogP contribution in [0.2, 0.25) is 0 Å². The Balaban J connectivity index is 3.87. The van der Waals surface area contributed by atoms with Gasteiger partial charge in [0, 0.05) is 5.41 Å². The van der Waals surface area contributed by atoms with Crippen molar-refractivity contribution in [3.8, 4) is 0 Å². The van der Waals surface area contributed by atoms with Crippen molar-refractivity contribution in [1.29, 1.82) is 0 Å². The Bertz CT molecular complexity index is 226. The summed E-state index contributed by atoms with van der Waals surface area (Å²) in [5.41, 5.74) is 4.75. The highest BCUT2D eigenvalue weighted by molar-refractivity contribution is 5.85. The maximum absolute atomic E-state index is 11.7. The number of hydrogen-bond donors (Lipinski definition) is 3. The van der Waals surface area contributed by atoms with Gasteiger partial charge in [0.05, 0.1) is 6.54 Å². The third-order valence-corrected chi connectivity index (χ3v) is 2.05. The van der Waals surface area contributed by atoms with Crippen molar-refractivity contribution < 1.29 is 18.4 Å². The molecule has 15 heavy (non-hydrogen) atoms. The van der Waals surface area contributed by atoms with Crippen LogP contribution in [0.25, 0.3) is 0 Å². The predicted molar refractivity (Wildman–Crippen MR) is 50.7 cm³/mol. The standard InChI is InChI=1S/C8H16F3N3O/c1-7(2,6(12)14-15)3-4-13-5-8(9,10)11/h13,15H,3-5H2,1-2H3,(H2,12,14). The first-order chi connectivity index (χ1) is 6.69. The molecule has 0 aromatic rings. The summed E-state index contributed by atoms with van der Waals surface area (Å²) < 4.78 is 35.2. The fourth-order valence-corrected chi connectivity index (χ4v) is 0.894. The van der Waals surface area contributed by atoms with Gasteiger partial charge in [0.25, 0.3) is 0 Å². The van der Waals surface area contributed by atoms with E-state index in [0.717, 1.165) is 0 Å². The van der Waals surface area contributed by atoms with E-state index in [9.17, 15) is 13.2 Å². The number of rotatable bonds is 5. The molecule has 0 amide bonds. The molecular weight excluding hydrogens is 211 g/mol. The lowest BCUT2D eigenvalue weighted by Crippen LogP contribution is -2.37. The van der Waals surface area contributed by atoms with Crippen molar-refractivity contribution in [2.75, 3.05) is 13.1 Å². The van der Waals surface area contributed by atoms with E-state index in [0.29, 0.717) is 6.42 Å². The molecule has 0 radical (unpaired) electrons. The largest absolute Gasteiger partial charge is 0.409 e. The average molecular weight is 227 g/mol. The fraction of sp³-hybridized carbons (Fsp3) is 0.875. The summed E-state index contributed by atoms with van der Waals surface area (Å²) in [4.78, 5) is 0. The van der Waals surface area contributed by atoms with Crippen molar-refractivity contribution in [2.24, 2.45) is 16.3 Å². The number of oxime groups is 1. The van der Waals surface area contributed by atoms with Crippen molar-refractivity contribution in [2.45, 2.75) is 26.4 Å². The summed E-state index contributed by atoms with van der Waals surface area (Å²) in [6, 6.07) is 0. The van der Waals surface area contributed by atoms with E-state index in [1.54, 1.807) is 13.8 Å². The van der Waals surface area contributed by atoms with Crippen molar-refractivity contribution in [1.82, 2.24) is 5.32 Å². The highest BCUT2D eigenvalue weighted by Gasteiger charge is 2.27. The summed E-state index contributed by atoms with van der Waals surface area (Å²) in [5.74, 6) is 0.0105. The summed E-state index contributed by atoms with van der Waals surface area (Å²) in [7, 11) is 0. The maximum Gasteiger partial charge on any atom is 0.401 e. The van der Waals surface area contributed by atoms with E-state index in [2.05, 4.69) is 10.5 Å². The first kappa shape index (κ1) is 14.0. The molecule has 0 fully saturated rings. The van der Waals surface area contributed by atoms with Gasteiger partial charge in [-0.1, -0.05) is 19.0 Å². The van der Waals surface area contributed by atoms with E-state index >= 15 is 0 Å². The predicted octanol–water partition coefficient (Wildman–Crippen LogP) is 1.30. The van der Waals surface area contributed by atoms with E-state index in [-0.39, 0.29) is 12.4 Å². The SMILES string of the molecule is CC(C)(CCNCC(F)(F)F)C(N)=NO. The molecule has 4 N–H and O–H groups in total. The number of nitrogens with zero attached hydrogens (tertiary/aromatic N) is 1. The van der Waals surface area contributed by atoms with Gasteiger partial charge < -0.3 is 16.3 Å². The van der Waals surface area contributed by atoms with Gasteiger partial charge in [-0.15, -0.1) is 0 Å². The van der Waals surface area contributed by atoms with Crippen LogP contribution < -0.4 is 11.1 Å². The van der Waals surface area contributed by atoms with Crippen LogP contribution in [-0.4, -0.2) is 30.3 Å². The molecule has 0 aromatic carbocycles. The van der Waals surface area contributed by atoms with Crippen LogP contribution in [-0.2, 0) is 0 Å². The molecule has 0 bridgehead atoms. The number of alkyl halides is 3. The smallest absolute Gasteiger partial charge is 0.401 e. The Labute approximate surface area is 86.3 Å². The molecule has 0 aliphatic heterocycles. The lowest BCUT2D eigenvalue weighted by molar-refractivity contribution is -0.124. The Morgan fingerprint density at radius 1 is 1.40 bits per heavy atom. The molecule has 0 saturated carbocycles. The number of nitrogens with two attached hydrogens (primary N) is 1. The van der Waals surface area contributed by atoms with E-state index in [4.69, 9.17) is 10.9 Å². The van der Waals surface area contributed by atoms with Gasteiger partial charge >= 0.3 is 6.18 Å². The molecule has 0 rings (SSSR count). The molecule has 90 valence electrons. The van der Waals surface area contributed by atoms with Crippen molar-refractivity contribution in [3.05, 3.63) is 0 Å². The molecule has 0 spiro atoms. The first-order valence-electron chi connectivity index (χ1n) is 4.44. The van der Waals surface area contributed by atoms with Gasteiger partial charge in [-0.05, 0) is 13.0 Å². The maximum atomic E-state index is 11.7. The monoisotopic (exact) mass is 227 g/mol. The molecule has 0 unspecified atom stereocenters. The Morgan fingerprint density at radius 3 is 2.33 bits per heavy atom. The molecule has 0 saturated heterocycles. The topological polar surface area (TPSA) is 70.6 Å². The van der Waals surface area contributed by atoms with Gasteiger partial charge in [-0.2, -0.15) is 13.2 Å². The van der Waals surface area contributed by atoms with Crippen LogP contribution in [0.5, 0.6) is 0 Å². The second-order valence-electron chi connectivity index (χ2n) is 3.91. The highest BCUT2D eigenvalue weighted by Crippen LogP contribution is 2.19. The lowest BCUT2D eigenvalue weighted by Gasteiger charge is -2.22. The Morgan fingerprint density at radius 2 is 1.93 bits per heavy atom. The molecule has 4 nitrogen and oxygen atoms in total. The molecular formula is C8H16F3N3O. The summed E-state index contributed by atoms with van der Waals surface area (Å²) in [6.07, 6.45) is -3.85. The van der Waals surface area contributed by atoms with Gasteiger partial charge in [-0.25, -0.2) is 0 Å². The molecule has 7 heteroatoms. The second kappa shape index (κ2) is 5.20. The highest BCUT2D eigenvalue weighted by atomic mass is 19.4. The minimum Gasteiger partial charge on any atom is -0.409 e. The van der Waals surface area contributed by atoms with Crippen LogP contribution in [0.15, 0.2) is 5.16 Å². The number of hydrogen-bond acceptors (Lipinski definition) is 3. The molecule has 0 aliphatic rings. The minimum atomic E-state index is -4.21. The van der Waals surface area contributed by atoms with Crippen LogP contribution >= 0.6 is 0 Å². The molecule has 0 aliphatic carbocycles. The lowest BCUT2D eigenvalue weighted by atomic mass is 9.88. The molecule has 0 atom stereocenters. The van der Waals surface area contributed by atoms with E-state index < -0.39 is 18.1 Å². The van der Waals surface area contributed by atoms with Crippen LogP contribution in [0.4, 0.5) is 13.2 Å². The van der Waals surface area contributed by atoms with Gasteiger partial charge in [0.1, 0.15) is 5.84 Å². The van der Waals surface area contributed by atoms with Gasteiger partial charge in [-0.3, -0.25) is 0 Å². The third kappa shape index (κ3) is 6.16. The number of amidine groups is 1. The van der Waals surface area contributed by atoms with Crippen LogP contribution in [0.1, 0.15) is 20.3 Å². The van der Waals surface area contributed by atoms with E-state index in [1.807, 2.05) is 0 Å². The van der Waals surface area contributed by atoms with E-state index in [1.165, 1.54) is 0 Å². The zero-order chi connectivity index (χ0) is 12.1. The first-order valence-corrected chi connectivity index (χ1v) is 4.44. The Kier molecular flexibility index (Phi) is 4.86. The quantitative estimate of drug-likeness (QED) is 0.218. The third-order valence-electron chi connectivity index (χ3n) is 2.05. The normalized spacial score (nSPS) is 14.3. The molecule has 0 heterocycles. The Hall–Kier alpha value is -0.980. The van der Waals surface area contributed by atoms with Gasteiger partial charge in [0.15, 0.2) is 0 Å². The minimum absolute atomic E-state index is 0.0105. The number of halogens is 3. The second-order valence-corrected chi connectivity index (χ2v) is 3.91. The van der Waals surface area contributed by atoms with Crippen LogP contribution in [0, 0.1) is 5.41 Å². The zero-order valence-corrected chi connectivity index (χ0v) is 8.73. The summed E-state index contributed by atoms with van der Waals surface area (Å²) >= 11 is 0. The fourth-order valence-electron chi connectivity index (χ4n) is 0.894. The molecule has 0 aromatic heterocycles.